The van der Waals surface area contributed by atoms with Crippen molar-refractivity contribution in [2.45, 2.75) is 25.3 Å². The molecule has 1 unspecified atom stereocenters. The fourth-order valence-corrected chi connectivity index (χ4v) is 3.36. The Balaban J connectivity index is 1.72. The van der Waals surface area contributed by atoms with Crippen molar-refractivity contribution in [2.24, 2.45) is 0 Å². The predicted molar refractivity (Wildman–Crippen MR) is 90.7 cm³/mol. The van der Waals surface area contributed by atoms with Crippen molar-refractivity contribution in [1.82, 2.24) is 15.5 Å². The number of ether oxygens (including phenoxy) is 1. The lowest BCUT2D eigenvalue weighted by atomic mass is 10.1. The fraction of sp³-hybridized carbons (Fsp3) is 0.438. The Morgan fingerprint density at radius 2 is 2.27 bits per heavy atom. The SMILES string of the molecule is CCC1=CSC(NC(=O)NCCc2cccc(OC)c2)N1C. The highest BCUT2D eigenvalue weighted by Gasteiger charge is 2.23. The molecule has 0 spiro atoms. The van der Waals surface area contributed by atoms with Crippen molar-refractivity contribution in [2.75, 3.05) is 20.7 Å². The number of benzene rings is 1. The normalized spacial score (nSPS) is 17.1. The lowest BCUT2D eigenvalue weighted by molar-refractivity contribution is 0.232. The first kappa shape index (κ1) is 16.5. The van der Waals surface area contributed by atoms with Gasteiger partial charge in [0.25, 0.3) is 0 Å². The van der Waals surface area contributed by atoms with Crippen LogP contribution < -0.4 is 15.4 Å². The predicted octanol–water partition coefficient (Wildman–Crippen LogP) is 2.75. The topological polar surface area (TPSA) is 53.6 Å². The quantitative estimate of drug-likeness (QED) is 0.846. The third-order valence-electron chi connectivity index (χ3n) is 3.59. The van der Waals surface area contributed by atoms with Crippen molar-refractivity contribution in [3.05, 3.63) is 40.9 Å². The largest absolute Gasteiger partial charge is 0.497 e. The number of carbonyl (C=O) groups excluding carboxylic acids is 1. The number of hydrogen-bond donors (Lipinski definition) is 2. The molecule has 0 radical (unpaired) electrons. The molecule has 2 N–H and O–H groups in total. The van der Waals surface area contributed by atoms with Gasteiger partial charge in [0.2, 0.25) is 0 Å². The molecule has 0 saturated heterocycles. The van der Waals surface area contributed by atoms with E-state index in [0.717, 1.165) is 24.2 Å². The van der Waals surface area contributed by atoms with Gasteiger partial charge in [-0.2, -0.15) is 0 Å². The number of allylic oxidation sites excluding steroid dienone is 1. The first-order valence-corrected chi connectivity index (χ1v) is 8.33. The molecule has 0 saturated carbocycles. The minimum Gasteiger partial charge on any atom is -0.497 e. The summed E-state index contributed by atoms with van der Waals surface area (Å²) in [5.74, 6) is 0.837. The van der Waals surface area contributed by atoms with Crippen LogP contribution in [-0.2, 0) is 6.42 Å². The van der Waals surface area contributed by atoms with Crippen LogP contribution in [0.3, 0.4) is 0 Å². The highest BCUT2D eigenvalue weighted by molar-refractivity contribution is 8.02. The number of nitrogens with one attached hydrogen (secondary N) is 2. The third-order valence-corrected chi connectivity index (χ3v) is 4.69. The second-order valence-electron chi connectivity index (χ2n) is 5.06. The molecule has 1 aliphatic rings. The van der Waals surface area contributed by atoms with Crippen molar-refractivity contribution in [3.8, 4) is 5.75 Å². The van der Waals surface area contributed by atoms with E-state index in [2.05, 4.69) is 27.9 Å². The molecule has 120 valence electrons. The summed E-state index contributed by atoms with van der Waals surface area (Å²) in [5, 5.41) is 7.96. The van der Waals surface area contributed by atoms with Gasteiger partial charge in [-0.15, -0.1) is 0 Å². The molecule has 1 aromatic rings. The zero-order valence-electron chi connectivity index (χ0n) is 13.3. The summed E-state index contributed by atoms with van der Waals surface area (Å²) in [6.45, 7) is 2.70. The Hall–Kier alpha value is -1.82. The summed E-state index contributed by atoms with van der Waals surface area (Å²) in [7, 11) is 3.65. The van der Waals surface area contributed by atoms with Crippen LogP contribution in [0.1, 0.15) is 18.9 Å². The second-order valence-corrected chi connectivity index (χ2v) is 6.02. The molecular weight excluding hydrogens is 298 g/mol. The number of amides is 2. The molecule has 22 heavy (non-hydrogen) atoms. The maximum atomic E-state index is 11.9. The maximum absolute atomic E-state index is 11.9. The van der Waals surface area contributed by atoms with Crippen LogP contribution in [0.4, 0.5) is 4.79 Å². The number of rotatable bonds is 6. The molecule has 0 aliphatic carbocycles. The smallest absolute Gasteiger partial charge is 0.317 e. The van der Waals surface area contributed by atoms with Crippen molar-refractivity contribution in [1.29, 1.82) is 0 Å². The molecule has 1 heterocycles. The summed E-state index contributed by atoms with van der Waals surface area (Å²) in [4.78, 5) is 14.0. The Labute approximate surface area is 136 Å². The number of methoxy groups -OCH3 is 1. The van der Waals surface area contributed by atoms with Gasteiger partial charge < -0.3 is 20.3 Å². The zero-order valence-corrected chi connectivity index (χ0v) is 14.1. The van der Waals surface area contributed by atoms with E-state index < -0.39 is 0 Å². The van der Waals surface area contributed by atoms with E-state index in [4.69, 9.17) is 4.74 Å². The molecule has 0 aromatic heterocycles. The average molecular weight is 321 g/mol. The van der Waals surface area contributed by atoms with Gasteiger partial charge in [0.1, 0.15) is 5.75 Å². The summed E-state index contributed by atoms with van der Waals surface area (Å²) >= 11 is 1.62. The molecule has 1 atom stereocenters. The minimum atomic E-state index is -0.141. The van der Waals surface area contributed by atoms with E-state index in [1.807, 2.05) is 31.3 Å². The van der Waals surface area contributed by atoms with Gasteiger partial charge in [-0.1, -0.05) is 30.8 Å². The summed E-state index contributed by atoms with van der Waals surface area (Å²) < 4.78 is 5.19. The van der Waals surface area contributed by atoms with E-state index in [-0.39, 0.29) is 11.5 Å². The lowest BCUT2D eigenvalue weighted by Gasteiger charge is -2.24. The van der Waals surface area contributed by atoms with Crippen LogP contribution in [0.15, 0.2) is 35.4 Å². The second kappa shape index (κ2) is 7.98. The van der Waals surface area contributed by atoms with E-state index in [0.29, 0.717) is 6.54 Å². The molecule has 5 nitrogen and oxygen atoms in total. The van der Waals surface area contributed by atoms with Gasteiger partial charge in [-0.05, 0) is 35.9 Å². The molecule has 2 rings (SSSR count). The standard InChI is InChI=1S/C16H23N3O2S/c1-4-13-11-22-16(19(13)2)18-15(20)17-9-8-12-6-5-7-14(10-12)21-3/h5-7,10-11,16H,4,8-9H2,1-3H3,(H2,17,18,20). The van der Waals surface area contributed by atoms with Gasteiger partial charge in [-0.3, -0.25) is 0 Å². The van der Waals surface area contributed by atoms with E-state index in [9.17, 15) is 4.79 Å². The number of urea groups is 1. The molecule has 6 heteroatoms. The van der Waals surface area contributed by atoms with Gasteiger partial charge in [0.05, 0.1) is 7.11 Å². The number of nitrogens with zero attached hydrogens (tertiary/aromatic N) is 1. The summed E-state index contributed by atoms with van der Waals surface area (Å²) in [5.41, 5.74) is 2.36. The van der Waals surface area contributed by atoms with Crippen LogP contribution in [0.5, 0.6) is 5.75 Å². The maximum Gasteiger partial charge on any atom is 0.317 e. The first-order valence-electron chi connectivity index (χ1n) is 7.38. The monoisotopic (exact) mass is 321 g/mol. The van der Waals surface area contributed by atoms with Crippen molar-refractivity contribution >= 4 is 17.8 Å². The van der Waals surface area contributed by atoms with Crippen LogP contribution in [0, 0.1) is 0 Å². The number of hydrogen-bond acceptors (Lipinski definition) is 4. The average Bonchev–Trinajstić information content (AvgIpc) is 2.88. The van der Waals surface area contributed by atoms with Gasteiger partial charge in [-0.25, -0.2) is 4.79 Å². The lowest BCUT2D eigenvalue weighted by Crippen LogP contribution is -2.46. The summed E-state index contributed by atoms with van der Waals surface area (Å²) in [6.07, 6.45) is 1.75. The Morgan fingerprint density at radius 3 is 2.95 bits per heavy atom. The Morgan fingerprint density at radius 1 is 1.45 bits per heavy atom. The van der Waals surface area contributed by atoms with Crippen LogP contribution >= 0.6 is 11.8 Å². The van der Waals surface area contributed by atoms with Crippen molar-refractivity contribution < 1.29 is 9.53 Å². The molecule has 1 aliphatic heterocycles. The molecule has 0 bridgehead atoms. The Bertz CT molecular complexity index is 548. The van der Waals surface area contributed by atoms with Crippen LogP contribution in [0.2, 0.25) is 0 Å². The molecular formula is C16H23N3O2S. The van der Waals surface area contributed by atoms with Gasteiger partial charge in [0.15, 0.2) is 5.50 Å². The van der Waals surface area contributed by atoms with Gasteiger partial charge in [0, 0.05) is 19.3 Å². The molecule has 0 fully saturated rings. The first-order chi connectivity index (χ1) is 10.6. The number of thioether (sulfide) groups is 1. The van der Waals surface area contributed by atoms with E-state index in [1.165, 1.54) is 5.70 Å². The van der Waals surface area contributed by atoms with E-state index >= 15 is 0 Å². The highest BCUT2D eigenvalue weighted by atomic mass is 32.2. The third kappa shape index (κ3) is 4.34. The molecule has 2 amide bonds. The minimum absolute atomic E-state index is 0.0215. The number of carbonyl (C=O) groups is 1. The van der Waals surface area contributed by atoms with Gasteiger partial charge >= 0.3 is 6.03 Å². The van der Waals surface area contributed by atoms with E-state index in [1.54, 1.807) is 18.9 Å². The highest BCUT2D eigenvalue weighted by Crippen LogP contribution is 2.28. The summed E-state index contributed by atoms with van der Waals surface area (Å²) in [6, 6.07) is 7.74. The van der Waals surface area contributed by atoms with Crippen LogP contribution in [0.25, 0.3) is 0 Å². The van der Waals surface area contributed by atoms with Crippen LogP contribution in [-0.4, -0.2) is 37.1 Å². The molecule has 1 aromatic carbocycles. The van der Waals surface area contributed by atoms with Crippen molar-refractivity contribution in [3.63, 3.8) is 0 Å². The fourth-order valence-electron chi connectivity index (χ4n) is 2.24. The Kier molecular flexibility index (Phi) is 6.00. The zero-order chi connectivity index (χ0) is 15.9.